The Morgan fingerprint density at radius 2 is 1.21 bits per heavy atom. The van der Waals surface area contributed by atoms with E-state index < -0.39 is 18.3 Å². The van der Waals surface area contributed by atoms with E-state index in [1.54, 1.807) is 30.3 Å². The predicted molar refractivity (Wildman–Crippen MR) is 89.9 cm³/mol. The minimum Gasteiger partial charge on any atom is -0.507 e. The van der Waals surface area contributed by atoms with Crippen LogP contribution in [0.15, 0.2) is 36.4 Å². The van der Waals surface area contributed by atoms with E-state index in [0.717, 1.165) is 11.1 Å². The summed E-state index contributed by atoms with van der Waals surface area (Å²) in [6, 6.07) is 9.94. The molecule has 0 heterocycles. The fraction of sp³-hybridized carbons (Fsp3) is 0.368. The van der Waals surface area contributed by atoms with Crippen molar-refractivity contribution in [3.8, 4) is 22.6 Å². The fourth-order valence-electron chi connectivity index (χ4n) is 3.16. The first kappa shape index (κ1) is 16.8. The van der Waals surface area contributed by atoms with Crippen LogP contribution < -0.4 is 0 Å². The second kappa shape index (κ2) is 6.81. The lowest BCUT2D eigenvalue weighted by Gasteiger charge is -2.19. The topological polar surface area (TPSA) is 101 Å². The van der Waals surface area contributed by atoms with Crippen molar-refractivity contribution in [2.45, 2.75) is 44.0 Å². The Bertz CT molecular complexity index is 728. The van der Waals surface area contributed by atoms with Crippen LogP contribution in [0.2, 0.25) is 0 Å². The van der Waals surface area contributed by atoms with E-state index in [1.165, 1.54) is 6.07 Å². The zero-order chi connectivity index (χ0) is 17.3. The highest BCUT2D eigenvalue weighted by Gasteiger charge is 2.21. The molecule has 0 spiro atoms. The third-order valence-electron chi connectivity index (χ3n) is 4.57. The minimum absolute atomic E-state index is 0.0247. The summed E-state index contributed by atoms with van der Waals surface area (Å²) in [4.78, 5) is 0. The molecule has 1 aliphatic carbocycles. The zero-order valence-electron chi connectivity index (χ0n) is 13.3. The number of aliphatic hydroxyl groups is 3. The van der Waals surface area contributed by atoms with Crippen molar-refractivity contribution in [2.24, 2.45) is 0 Å². The van der Waals surface area contributed by atoms with Gasteiger partial charge in [-0.25, -0.2) is 0 Å². The van der Waals surface area contributed by atoms with E-state index in [0.29, 0.717) is 30.4 Å². The molecule has 0 amide bonds. The summed E-state index contributed by atoms with van der Waals surface area (Å²) < 4.78 is 0. The first-order valence-corrected chi connectivity index (χ1v) is 8.12. The second-order valence-electron chi connectivity index (χ2n) is 6.48. The van der Waals surface area contributed by atoms with Gasteiger partial charge in [0.05, 0.1) is 18.3 Å². The minimum atomic E-state index is -0.952. The molecular formula is C19H22O5. The highest BCUT2D eigenvalue weighted by molar-refractivity contribution is 5.76. The molecule has 0 radical (unpaired) electrons. The number of aliphatic hydroxyl groups excluding tert-OH is 3. The molecule has 0 aliphatic heterocycles. The van der Waals surface area contributed by atoms with Gasteiger partial charge < -0.3 is 25.5 Å². The Kier molecular flexibility index (Phi) is 4.76. The molecule has 5 heteroatoms. The molecule has 1 aliphatic rings. The van der Waals surface area contributed by atoms with E-state index in [1.807, 2.05) is 0 Å². The molecule has 3 rings (SSSR count). The number of aromatic hydroxyl groups is 2. The van der Waals surface area contributed by atoms with Gasteiger partial charge in [-0.2, -0.15) is 0 Å². The average molecular weight is 330 g/mol. The maximum absolute atomic E-state index is 10.2. The van der Waals surface area contributed by atoms with Crippen LogP contribution in [0.25, 0.3) is 11.1 Å². The quantitative estimate of drug-likeness (QED) is 0.506. The molecule has 24 heavy (non-hydrogen) atoms. The molecule has 0 aromatic heterocycles. The van der Waals surface area contributed by atoms with Gasteiger partial charge >= 0.3 is 0 Å². The zero-order valence-corrected chi connectivity index (χ0v) is 13.3. The first-order valence-electron chi connectivity index (χ1n) is 8.12. The SMILES string of the molecule is Oc1ccc2cc1-c1cc(ccc1O)CC(O)C(O)CCC(O)C2. The van der Waals surface area contributed by atoms with E-state index >= 15 is 0 Å². The number of hydrogen-bond donors (Lipinski definition) is 5. The summed E-state index contributed by atoms with van der Waals surface area (Å²) in [7, 11) is 0. The van der Waals surface area contributed by atoms with Gasteiger partial charge in [-0.3, -0.25) is 0 Å². The van der Waals surface area contributed by atoms with Crippen LogP contribution in [0, 0.1) is 0 Å². The summed E-state index contributed by atoms with van der Waals surface area (Å²) in [6.07, 6.45) is -1.25. The van der Waals surface area contributed by atoms with Gasteiger partial charge in [-0.05, 0) is 54.7 Å². The van der Waals surface area contributed by atoms with Crippen molar-refractivity contribution < 1.29 is 25.5 Å². The lowest BCUT2D eigenvalue weighted by Crippen LogP contribution is -2.29. The molecule has 0 saturated heterocycles. The molecule has 5 N–H and O–H groups in total. The Hall–Kier alpha value is -2.08. The molecule has 128 valence electrons. The Labute approximate surface area is 140 Å². The normalized spacial score (nSPS) is 24.5. The molecule has 0 saturated carbocycles. The van der Waals surface area contributed by atoms with Crippen LogP contribution >= 0.6 is 0 Å². The fourth-order valence-corrected chi connectivity index (χ4v) is 3.16. The Morgan fingerprint density at radius 1 is 0.667 bits per heavy atom. The van der Waals surface area contributed by atoms with Gasteiger partial charge in [0.25, 0.3) is 0 Å². The van der Waals surface area contributed by atoms with Gasteiger partial charge in [0, 0.05) is 17.5 Å². The van der Waals surface area contributed by atoms with Crippen molar-refractivity contribution >= 4 is 0 Å². The van der Waals surface area contributed by atoms with Crippen LogP contribution in [0.4, 0.5) is 0 Å². The monoisotopic (exact) mass is 330 g/mol. The van der Waals surface area contributed by atoms with E-state index in [2.05, 4.69) is 0 Å². The largest absolute Gasteiger partial charge is 0.507 e. The van der Waals surface area contributed by atoms with Crippen LogP contribution in [0.5, 0.6) is 11.5 Å². The number of rotatable bonds is 0. The molecule has 5 nitrogen and oxygen atoms in total. The summed E-state index contributed by atoms with van der Waals surface area (Å²) in [5.41, 5.74) is 2.52. The smallest absolute Gasteiger partial charge is 0.123 e. The van der Waals surface area contributed by atoms with Gasteiger partial charge in [0.15, 0.2) is 0 Å². The first-order chi connectivity index (χ1) is 11.4. The third kappa shape index (κ3) is 3.53. The molecule has 3 unspecified atom stereocenters. The van der Waals surface area contributed by atoms with Gasteiger partial charge in [-0.1, -0.05) is 12.1 Å². The highest BCUT2D eigenvalue weighted by Crippen LogP contribution is 2.37. The summed E-state index contributed by atoms with van der Waals surface area (Å²) in [6.45, 7) is 0. The van der Waals surface area contributed by atoms with Gasteiger partial charge in [0.1, 0.15) is 11.5 Å². The molecular weight excluding hydrogens is 308 g/mol. The Balaban J connectivity index is 2.10. The summed E-state index contributed by atoms with van der Waals surface area (Å²) in [5, 5.41) is 50.7. The number of hydrogen-bond acceptors (Lipinski definition) is 5. The van der Waals surface area contributed by atoms with Crippen molar-refractivity contribution in [3.63, 3.8) is 0 Å². The van der Waals surface area contributed by atoms with Crippen LogP contribution in [-0.2, 0) is 12.8 Å². The van der Waals surface area contributed by atoms with Crippen molar-refractivity contribution in [2.75, 3.05) is 0 Å². The van der Waals surface area contributed by atoms with E-state index in [-0.39, 0.29) is 17.9 Å². The van der Waals surface area contributed by atoms with Gasteiger partial charge in [0.2, 0.25) is 0 Å². The maximum Gasteiger partial charge on any atom is 0.123 e. The summed E-state index contributed by atoms with van der Waals surface area (Å²) >= 11 is 0. The standard InChI is InChI=1S/C19H22O5/c20-13-3-6-18(23)19(24)10-12-2-5-17(22)15(9-12)14-8-11(7-13)1-4-16(14)21/h1-2,4-5,8-9,13,18-24H,3,6-7,10H2. The van der Waals surface area contributed by atoms with Crippen LogP contribution in [0.3, 0.4) is 0 Å². The van der Waals surface area contributed by atoms with Crippen molar-refractivity contribution in [1.82, 2.24) is 0 Å². The lowest BCUT2D eigenvalue weighted by atomic mass is 9.96. The molecule has 3 atom stereocenters. The molecule has 2 aromatic carbocycles. The predicted octanol–water partition coefficient (Wildman–Crippen LogP) is 1.73. The van der Waals surface area contributed by atoms with Crippen LogP contribution in [-0.4, -0.2) is 43.8 Å². The van der Waals surface area contributed by atoms with Crippen molar-refractivity contribution in [1.29, 1.82) is 0 Å². The average Bonchev–Trinajstić information content (AvgIpc) is 2.56. The van der Waals surface area contributed by atoms with Crippen LogP contribution in [0.1, 0.15) is 24.0 Å². The van der Waals surface area contributed by atoms with E-state index in [9.17, 15) is 25.5 Å². The summed E-state index contributed by atoms with van der Waals surface area (Å²) in [5.74, 6) is 0.0628. The number of phenols is 2. The highest BCUT2D eigenvalue weighted by atomic mass is 16.3. The second-order valence-corrected chi connectivity index (χ2v) is 6.48. The Morgan fingerprint density at radius 3 is 1.79 bits per heavy atom. The maximum atomic E-state index is 10.2. The molecule has 0 fully saturated rings. The number of fused-ring (bicyclic) bond motifs is 5. The molecule has 2 aromatic rings. The lowest BCUT2D eigenvalue weighted by molar-refractivity contribution is 0.00627. The van der Waals surface area contributed by atoms with Crippen molar-refractivity contribution in [3.05, 3.63) is 47.5 Å². The molecule has 4 bridgehead atoms. The van der Waals surface area contributed by atoms with Gasteiger partial charge in [-0.15, -0.1) is 0 Å². The van der Waals surface area contributed by atoms with E-state index in [4.69, 9.17) is 0 Å². The third-order valence-corrected chi connectivity index (χ3v) is 4.57. The number of benzene rings is 2. The number of phenolic OH excluding ortho intramolecular Hbond substituents is 2.